The van der Waals surface area contributed by atoms with E-state index in [9.17, 15) is 9.59 Å². The van der Waals surface area contributed by atoms with Crippen LogP contribution >= 0.6 is 0 Å². The van der Waals surface area contributed by atoms with Gasteiger partial charge in [-0.1, -0.05) is 0 Å². The van der Waals surface area contributed by atoms with Gasteiger partial charge in [0.1, 0.15) is 17.1 Å². The van der Waals surface area contributed by atoms with Gasteiger partial charge in [0, 0.05) is 13.1 Å². The van der Waals surface area contributed by atoms with Gasteiger partial charge in [-0.25, -0.2) is 9.78 Å². The van der Waals surface area contributed by atoms with E-state index in [0.29, 0.717) is 30.8 Å². The van der Waals surface area contributed by atoms with E-state index in [1.165, 1.54) is 6.39 Å². The Labute approximate surface area is 105 Å². The monoisotopic (exact) mass is 252 g/mol. The van der Waals surface area contributed by atoms with Crippen molar-refractivity contribution in [3.8, 4) is 0 Å². The second-order valence-electron chi connectivity index (χ2n) is 5.30. The molecule has 1 aliphatic heterocycles. The molecule has 1 aromatic rings. The van der Waals surface area contributed by atoms with Gasteiger partial charge in [-0.15, -0.1) is 0 Å². The molecule has 0 unspecified atom stereocenters. The van der Waals surface area contributed by atoms with Crippen molar-refractivity contribution in [3.05, 3.63) is 17.8 Å². The standard InChI is InChI=1S/C12H16N2O4/c1-12(2,3)18-11(16)14-4-8(5-14)10-9(6-15)13-7-17-10/h6-8H,4-5H2,1-3H3. The largest absolute Gasteiger partial charge is 0.447 e. The second-order valence-corrected chi connectivity index (χ2v) is 5.30. The number of nitrogens with zero attached hydrogens (tertiary/aromatic N) is 2. The number of hydrogen-bond donors (Lipinski definition) is 0. The molecule has 1 fully saturated rings. The molecule has 1 amide bonds. The van der Waals surface area contributed by atoms with Crippen LogP contribution in [-0.4, -0.2) is 41.0 Å². The molecular weight excluding hydrogens is 236 g/mol. The summed E-state index contributed by atoms with van der Waals surface area (Å²) in [6, 6.07) is 0. The molecule has 2 heterocycles. The lowest BCUT2D eigenvalue weighted by atomic mass is 9.96. The van der Waals surface area contributed by atoms with Crippen LogP contribution in [0.1, 0.15) is 42.9 Å². The van der Waals surface area contributed by atoms with Crippen molar-refractivity contribution in [2.75, 3.05) is 13.1 Å². The summed E-state index contributed by atoms with van der Waals surface area (Å²) in [7, 11) is 0. The zero-order valence-corrected chi connectivity index (χ0v) is 10.7. The third kappa shape index (κ3) is 2.52. The highest BCUT2D eigenvalue weighted by atomic mass is 16.6. The molecule has 1 aromatic heterocycles. The zero-order valence-electron chi connectivity index (χ0n) is 10.7. The van der Waals surface area contributed by atoms with Gasteiger partial charge in [0.25, 0.3) is 0 Å². The predicted octanol–water partition coefficient (Wildman–Crippen LogP) is 1.82. The molecule has 6 heteroatoms. The predicted molar refractivity (Wildman–Crippen MR) is 62.4 cm³/mol. The molecule has 2 rings (SSSR count). The van der Waals surface area contributed by atoms with E-state index in [2.05, 4.69) is 4.98 Å². The first-order chi connectivity index (χ1) is 8.40. The molecule has 98 valence electrons. The lowest BCUT2D eigenvalue weighted by Gasteiger charge is -2.38. The maximum Gasteiger partial charge on any atom is 0.410 e. The number of amides is 1. The van der Waals surface area contributed by atoms with Crippen molar-refractivity contribution in [1.82, 2.24) is 9.88 Å². The van der Waals surface area contributed by atoms with Gasteiger partial charge in [0.15, 0.2) is 12.7 Å². The number of hydrogen-bond acceptors (Lipinski definition) is 5. The normalized spacial score (nSPS) is 16.3. The van der Waals surface area contributed by atoms with E-state index in [4.69, 9.17) is 9.15 Å². The molecule has 0 aliphatic carbocycles. The molecule has 0 atom stereocenters. The maximum absolute atomic E-state index is 11.7. The molecule has 1 saturated heterocycles. The molecule has 0 aromatic carbocycles. The average Bonchev–Trinajstić information content (AvgIpc) is 2.60. The molecule has 18 heavy (non-hydrogen) atoms. The van der Waals surface area contributed by atoms with E-state index in [-0.39, 0.29) is 12.0 Å². The second kappa shape index (κ2) is 4.44. The molecule has 0 bridgehead atoms. The van der Waals surface area contributed by atoms with Crippen molar-refractivity contribution >= 4 is 12.4 Å². The molecule has 0 N–H and O–H groups in total. The fraction of sp³-hybridized carbons (Fsp3) is 0.583. The molecule has 0 spiro atoms. The summed E-state index contributed by atoms with van der Waals surface area (Å²) in [6.45, 7) is 6.45. The van der Waals surface area contributed by atoms with Crippen LogP contribution in [0.4, 0.5) is 4.79 Å². The van der Waals surface area contributed by atoms with Crippen LogP contribution in [0, 0.1) is 0 Å². The summed E-state index contributed by atoms with van der Waals surface area (Å²) in [5.74, 6) is 0.574. The van der Waals surface area contributed by atoms with E-state index >= 15 is 0 Å². The Morgan fingerprint density at radius 3 is 2.78 bits per heavy atom. The number of aldehydes is 1. The first-order valence-corrected chi connectivity index (χ1v) is 5.77. The van der Waals surface area contributed by atoms with Crippen molar-refractivity contribution in [3.63, 3.8) is 0 Å². The van der Waals surface area contributed by atoms with Crippen molar-refractivity contribution in [2.45, 2.75) is 32.3 Å². The van der Waals surface area contributed by atoms with E-state index in [1.54, 1.807) is 4.90 Å². The third-order valence-electron chi connectivity index (χ3n) is 2.64. The Balaban J connectivity index is 1.91. The SMILES string of the molecule is CC(C)(C)OC(=O)N1CC(c2ocnc2C=O)C1. The highest BCUT2D eigenvalue weighted by molar-refractivity contribution is 5.74. The van der Waals surface area contributed by atoms with Crippen molar-refractivity contribution < 1.29 is 18.7 Å². The van der Waals surface area contributed by atoms with Gasteiger partial charge < -0.3 is 14.1 Å². The van der Waals surface area contributed by atoms with Crippen LogP contribution in [0.25, 0.3) is 0 Å². The van der Waals surface area contributed by atoms with Crippen LogP contribution in [0.5, 0.6) is 0 Å². The smallest absolute Gasteiger partial charge is 0.410 e. The zero-order chi connectivity index (χ0) is 13.3. The number of carbonyl (C=O) groups excluding carboxylic acids is 2. The van der Waals surface area contributed by atoms with Gasteiger partial charge in [0.05, 0.1) is 5.92 Å². The van der Waals surface area contributed by atoms with E-state index in [1.807, 2.05) is 20.8 Å². The number of rotatable bonds is 2. The summed E-state index contributed by atoms with van der Waals surface area (Å²) in [5, 5.41) is 0. The minimum Gasteiger partial charge on any atom is -0.447 e. The fourth-order valence-electron chi connectivity index (χ4n) is 1.78. The van der Waals surface area contributed by atoms with E-state index in [0.717, 1.165) is 0 Å². The molecule has 1 aliphatic rings. The fourth-order valence-corrected chi connectivity index (χ4v) is 1.78. The van der Waals surface area contributed by atoms with Crippen LogP contribution < -0.4 is 0 Å². The third-order valence-corrected chi connectivity index (χ3v) is 2.64. The lowest BCUT2D eigenvalue weighted by molar-refractivity contribution is 0.00649. The summed E-state index contributed by atoms with van der Waals surface area (Å²) < 4.78 is 10.4. The number of likely N-dealkylation sites (tertiary alicyclic amines) is 1. The lowest BCUT2D eigenvalue weighted by Crippen LogP contribution is -2.50. The quantitative estimate of drug-likeness (QED) is 0.751. The minimum atomic E-state index is -0.498. The number of aromatic nitrogens is 1. The average molecular weight is 252 g/mol. The van der Waals surface area contributed by atoms with Gasteiger partial charge in [-0.3, -0.25) is 4.79 Å². The summed E-state index contributed by atoms with van der Waals surface area (Å²) >= 11 is 0. The number of ether oxygens (including phenoxy) is 1. The van der Waals surface area contributed by atoms with Crippen LogP contribution in [0.3, 0.4) is 0 Å². The summed E-state index contributed by atoms with van der Waals surface area (Å²) in [6.07, 6.45) is 1.57. The van der Waals surface area contributed by atoms with Crippen molar-refractivity contribution in [2.24, 2.45) is 0 Å². The minimum absolute atomic E-state index is 0.0280. The molecule has 0 radical (unpaired) electrons. The Hall–Kier alpha value is -1.85. The van der Waals surface area contributed by atoms with Crippen LogP contribution in [-0.2, 0) is 4.74 Å². The molecule has 0 saturated carbocycles. The van der Waals surface area contributed by atoms with Crippen molar-refractivity contribution in [1.29, 1.82) is 0 Å². The van der Waals surface area contributed by atoms with Crippen LogP contribution in [0.15, 0.2) is 10.8 Å². The summed E-state index contributed by atoms with van der Waals surface area (Å²) in [4.78, 5) is 27.8. The Morgan fingerprint density at radius 2 is 2.22 bits per heavy atom. The first kappa shape index (κ1) is 12.6. The Kier molecular flexibility index (Phi) is 3.11. The van der Waals surface area contributed by atoms with Gasteiger partial charge >= 0.3 is 6.09 Å². The Morgan fingerprint density at radius 1 is 1.56 bits per heavy atom. The van der Waals surface area contributed by atoms with Crippen LogP contribution in [0.2, 0.25) is 0 Å². The number of carbonyl (C=O) groups is 2. The highest BCUT2D eigenvalue weighted by Crippen LogP contribution is 2.29. The highest BCUT2D eigenvalue weighted by Gasteiger charge is 2.37. The van der Waals surface area contributed by atoms with Gasteiger partial charge in [-0.2, -0.15) is 0 Å². The number of oxazole rings is 1. The Bertz CT molecular complexity index is 455. The summed E-state index contributed by atoms with van der Waals surface area (Å²) in [5.41, 5.74) is -0.189. The van der Waals surface area contributed by atoms with E-state index < -0.39 is 5.60 Å². The van der Waals surface area contributed by atoms with Gasteiger partial charge in [-0.05, 0) is 20.8 Å². The topological polar surface area (TPSA) is 72.6 Å². The first-order valence-electron chi connectivity index (χ1n) is 5.77. The van der Waals surface area contributed by atoms with Gasteiger partial charge in [0.2, 0.25) is 0 Å². The molecular formula is C12H16N2O4. The molecule has 6 nitrogen and oxygen atoms in total. The maximum atomic E-state index is 11.7.